The first-order chi connectivity index (χ1) is 18.3. The van der Waals surface area contributed by atoms with Crippen LogP contribution in [-0.2, 0) is 28.9 Å². The van der Waals surface area contributed by atoms with Crippen molar-refractivity contribution in [3.8, 4) is 0 Å². The fraction of sp³-hybridized carbons (Fsp3) is 0.286. The molecule has 14 nitrogen and oxygen atoms in total. The lowest BCUT2D eigenvalue weighted by molar-refractivity contribution is -0.649. The molecule has 2 aliphatic rings. The molecule has 2 aromatic heterocycles. The number of hydroxylamine groups is 1. The average Bonchev–Trinajstić information content (AvgIpc) is 3.33. The van der Waals surface area contributed by atoms with Gasteiger partial charge in [0.25, 0.3) is 0 Å². The van der Waals surface area contributed by atoms with Crippen LogP contribution < -0.4 is 21.3 Å². The number of nitrogens with one attached hydrogen (secondary N) is 2. The molecule has 1 saturated heterocycles. The lowest BCUT2D eigenvalue weighted by Gasteiger charge is -2.44. The second kappa shape index (κ2) is 12.1. The van der Waals surface area contributed by atoms with Crippen molar-refractivity contribution in [2.45, 2.75) is 16.7 Å². The summed E-state index contributed by atoms with van der Waals surface area (Å²) in [6.45, 7) is -0.231. The fourth-order valence-corrected chi connectivity index (χ4v) is 6.24. The zero-order valence-electron chi connectivity index (χ0n) is 19.8. The van der Waals surface area contributed by atoms with E-state index in [1.54, 1.807) is 36.3 Å². The van der Waals surface area contributed by atoms with Crippen LogP contribution in [0.1, 0.15) is 12.1 Å². The Kier molecular flexibility index (Phi) is 8.70. The maximum atomic E-state index is 13.1. The van der Waals surface area contributed by atoms with E-state index in [2.05, 4.69) is 21.0 Å². The Labute approximate surface area is 228 Å². The molecule has 4 heterocycles. The minimum atomic E-state index is -0.984. The minimum absolute atomic E-state index is 0.0926. The number of carbonyl (C=O) groups excluding carboxylic acids is 3. The zero-order chi connectivity index (χ0) is 27.2. The van der Waals surface area contributed by atoms with Crippen molar-refractivity contribution >= 4 is 69.5 Å². The molecule has 0 aliphatic carbocycles. The van der Waals surface area contributed by atoms with Crippen LogP contribution in [0.4, 0.5) is 5.13 Å². The maximum absolute atomic E-state index is 13.1. The van der Waals surface area contributed by atoms with E-state index in [9.17, 15) is 19.2 Å². The lowest BCUT2D eigenvalue weighted by Crippen LogP contribution is -2.54. The highest BCUT2D eigenvalue weighted by molar-refractivity contribution is 8.01. The number of rotatable bonds is 10. The number of fused-ring (bicyclic) bond motifs is 1. The highest BCUT2D eigenvalue weighted by Gasteiger charge is 2.46. The van der Waals surface area contributed by atoms with Gasteiger partial charge >= 0.3 is 17.8 Å². The number of thioether (sulfide) groups is 2. The van der Waals surface area contributed by atoms with Gasteiger partial charge in [-0.3, -0.25) is 19.3 Å². The van der Waals surface area contributed by atoms with Crippen LogP contribution in [0.3, 0.4) is 0 Å². The van der Waals surface area contributed by atoms with Gasteiger partial charge in [-0.2, -0.15) is 10.9 Å². The number of thiazole rings is 1. The molecule has 0 unspecified atom stereocenters. The predicted molar refractivity (Wildman–Crippen MR) is 138 cm³/mol. The Morgan fingerprint density at radius 1 is 1.37 bits per heavy atom. The molecule has 1 fully saturated rings. The third-order valence-corrected chi connectivity index (χ3v) is 8.20. The van der Waals surface area contributed by atoms with Gasteiger partial charge in [0.15, 0.2) is 17.4 Å². The molecule has 38 heavy (non-hydrogen) atoms. The van der Waals surface area contributed by atoms with Crippen molar-refractivity contribution in [2.24, 2.45) is 5.16 Å². The molecule has 2 aromatic rings. The predicted octanol–water partition coefficient (Wildman–Crippen LogP) is -0.0826. The van der Waals surface area contributed by atoms with Gasteiger partial charge in [0.2, 0.25) is 18.3 Å². The summed E-state index contributed by atoms with van der Waals surface area (Å²) in [7, 11) is 1.25. The van der Waals surface area contributed by atoms with Gasteiger partial charge in [0, 0.05) is 33.9 Å². The Morgan fingerprint density at radius 3 is 2.76 bits per heavy atom. The Hall–Kier alpha value is -3.83. The first-order valence-corrected chi connectivity index (χ1v) is 13.8. The number of anilines is 1. The summed E-state index contributed by atoms with van der Waals surface area (Å²) in [5.41, 5.74) is 11.0. The number of nitrogens with two attached hydrogens (primary N) is 1. The standard InChI is InChI=1S/C21H21N7O7S3/c1-34-25-17(13-10-38-21(22)24-13)19(32)26-35-20(33)18-11(9-37-15-6-14(29)28(15)18)8-36-12-2-4-27(5-3-12)23-7-16(30)31/h2-5,10,15,23H,6-9H2,1H3,(H3-,22,24,26,30,31,32)/p+1/b25-17-/t15-/m0/s1. The Bertz CT molecular complexity index is 1310. The molecule has 2 amide bonds. The maximum Gasteiger partial charge on any atom is 0.379 e. The van der Waals surface area contributed by atoms with Crippen LogP contribution in [0.2, 0.25) is 0 Å². The van der Waals surface area contributed by atoms with Crippen LogP contribution in [-0.4, -0.2) is 75.0 Å². The third-order valence-electron chi connectivity index (χ3n) is 5.15. The van der Waals surface area contributed by atoms with Gasteiger partial charge in [0.05, 0.1) is 11.8 Å². The second-order valence-corrected chi connectivity index (χ2v) is 10.8. The monoisotopic (exact) mass is 580 g/mol. The summed E-state index contributed by atoms with van der Waals surface area (Å²) in [6, 6.07) is 3.57. The Balaban J connectivity index is 1.45. The van der Waals surface area contributed by atoms with Crippen molar-refractivity contribution in [3.05, 3.63) is 46.9 Å². The van der Waals surface area contributed by atoms with Crippen LogP contribution in [0.25, 0.3) is 0 Å². The van der Waals surface area contributed by atoms with E-state index in [1.165, 1.54) is 33.8 Å². The molecule has 0 spiro atoms. The third kappa shape index (κ3) is 6.35. The number of carbonyl (C=O) groups is 4. The first-order valence-electron chi connectivity index (χ1n) is 10.9. The number of nitrogen functional groups attached to an aromatic ring is 1. The van der Waals surface area contributed by atoms with E-state index in [0.29, 0.717) is 23.5 Å². The lowest BCUT2D eigenvalue weighted by atomic mass is 10.1. The fourth-order valence-electron chi connectivity index (χ4n) is 3.40. The van der Waals surface area contributed by atoms with Crippen molar-refractivity contribution in [1.82, 2.24) is 15.4 Å². The van der Waals surface area contributed by atoms with Crippen molar-refractivity contribution < 1.29 is 38.6 Å². The summed E-state index contributed by atoms with van der Waals surface area (Å²) in [5, 5.41) is 14.0. The number of aliphatic carboxylic acids is 1. The summed E-state index contributed by atoms with van der Waals surface area (Å²) in [4.78, 5) is 64.8. The molecule has 0 saturated carbocycles. The van der Waals surface area contributed by atoms with E-state index < -0.39 is 17.8 Å². The van der Waals surface area contributed by atoms with Crippen molar-refractivity contribution in [1.29, 1.82) is 0 Å². The number of β-lactam (4-membered cyclic amide) rings is 1. The smallest absolute Gasteiger partial charge is 0.379 e. The minimum Gasteiger partial charge on any atom is -0.480 e. The molecule has 0 radical (unpaired) electrons. The van der Waals surface area contributed by atoms with Crippen LogP contribution in [0.5, 0.6) is 0 Å². The SMILES string of the molecule is CO/N=C(\C(=O)NOC(=O)C1=C(CSc2cc[n+](NCC(=O)O)cc2)CS[C@H]2CC(=O)N12)c1csc(N)n1. The summed E-state index contributed by atoms with van der Waals surface area (Å²) in [6.07, 6.45) is 3.65. The summed E-state index contributed by atoms with van der Waals surface area (Å²) in [5.74, 6) is -2.09. The van der Waals surface area contributed by atoms with Gasteiger partial charge in [-0.25, -0.2) is 9.78 Å². The molecule has 4 rings (SSSR count). The first kappa shape index (κ1) is 27.2. The molecule has 0 aromatic carbocycles. The molecule has 17 heteroatoms. The second-order valence-electron chi connectivity index (χ2n) is 7.66. The largest absolute Gasteiger partial charge is 0.480 e. The average molecular weight is 581 g/mol. The van der Waals surface area contributed by atoms with Gasteiger partial charge in [-0.05, 0) is 5.57 Å². The van der Waals surface area contributed by atoms with Crippen LogP contribution >= 0.6 is 34.9 Å². The number of hydrogen-bond donors (Lipinski definition) is 4. The molecule has 0 bridgehead atoms. The van der Waals surface area contributed by atoms with Crippen LogP contribution in [0, 0.1) is 0 Å². The number of oxime groups is 1. The van der Waals surface area contributed by atoms with Gasteiger partial charge in [-0.15, -0.1) is 34.9 Å². The normalized spacial score (nSPS) is 16.9. The quantitative estimate of drug-likeness (QED) is 0.0963. The van der Waals surface area contributed by atoms with Gasteiger partial charge in [-0.1, -0.05) is 9.83 Å². The van der Waals surface area contributed by atoms with Crippen LogP contribution in [0.15, 0.2) is 51.2 Å². The van der Waals surface area contributed by atoms with E-state index >= 15 is 0 Å². The van der Waals surface area contributed by atoms with E-state index in [4.69, 9.17) is 20.5 Å². The Morgan fingerprint density at radius 2 is 2.13 bits per heavy atom. The zero-order valence-corrected chi connectivity index (χ0v) is 22.2. The topological polar surface area (TPSA) is 189 Å². The van der Waals surface area contributed by atoms with Gasteiger partial charge < -0.3 is 20.5 Å². The molecule has 5 N–H and O–H groups in total. The number of carboxylic acid groups (broad SMARTS) is 1. The van der Waals surface area contributed by atoms with Crippen molar-refractivity contribution in [3.63, 3.8) is 0 Å². The number of pyridine rings is 1. The molecule has 1 atom stereocenters. The summed E-state index contributed by atoms with van der Waals surface area (Å²) >= 11 is 4.07. The van der Waals surface area contributed by atoms with E-state index in [0.717, 1.165) is 16.2 Å². The molecule has 2 aliphatic heterocycles. The number of amides is 2. The van der Waals surface area contributed by atoms with Gasteiger partial charge in [0.1, 0.15) is 18.5 Å². The molecular weight excluding hydrogens is 558 g/mol. The van der Waals surface area contributed by atoms with E-state index in [-0.39, 0.29) is 40.1 Å². The number of aromatic nitrogens is 2. The van der Waals surface area contributed by atoms with E-state index in [1.807, 2.05) is 0 Å². The number of hydrogen-bond acceptors (Lipinski definition) is 13. The van der Waals surface area contributed by atoms with Crippen molar-refractivity contribution in [2.75, 3.05) is 36.3 Å². The molecule has 200 valence electrons. The summed E-state index contributed by atoms with van der Waals surface area (Å²) < 4.78 is 1.52. The number of nitrogens with zero attached hydrogens (tertiary/aromatic N) is 4. The highest BCUT2D eigenvalue weighted by atomic mass is 32.2. The molecular formula is C21H22N7O7S3+. The highest BCUT2D eigenvalue weighted by Crippen LogP contribution is 2.41. The number of carboxylic acids is 1.